The number of fused-ring (bicyclic) bond motifs is 1. The number of hydrogen-bond donors (Lipinski definition) is 1. The molecule has 0 saturated carbocycles. The van der Waals surface area contributed by atoms with Gasteiger partial charge in [0, 0.05) is 24.0 Å². The Morgan fingerprint density at radius 1 is 1.20 bits per heavy atom. The monoisotopic (exact) mass is 271 g/mol. The molecule has 5 heteroatoms. The maximum atomic E-state index is 4.44. The third-order valence-electron chi connectivity index (χ3n) is 3.77. The highest BCUT2D eigenvalue weighted by Gasteiger charge is 2.13. The predicted octanol–water partition coefficient (Wildman–Crippen LogP) is 2.36. The van der Waals surface area contributed by atoms with Gasteiger partial charge < -0.3 is 5.32 Å². The summed E-state index contributed by atoms with van der Waals surface area (Å²) >= 11 is 0. The fraction of sp³-hybridized carbons (Fsp3) is 0.533. The number of aryl methyl sites for hydroxylation is 2. The van der Waals surface area contributed by atoms with Crippen molar-refractivity contribution in [1.29, 1.82) is 0 Å². The molecule has 0 bridgehead atoms. The molecule has 1 aliphatic rings. The average Bonchev–Trinajstić information content (AvgIpc) is 2.73. The van der Waals surface area contributed by atoms with Gasteiger partial charge in [0.2, 0.25) is 0 Å². The molecule has 0 fully saturated rings. The Hall–Kier alpha value is -1.91. The molecule has 0 amide bonds. The van der Waals surface area contributed by atoms with Gasteiger partial charge in [0.25, 0.3) is 0 Å². The van der Waals surface area contributed by atoms with Gasteiger partial charge in [-0.1, -0.05) is 6.42 Å². The van der Waals surface area contributed by atoms with E-state index < -0.39 is 0 Å². The molecule has 2 heterocycles. The lowest BCUT2D eigenvalue weighted by molar-refractivity contribution is 0.636. The van der Waals surface area contributed by atoms with E-state index in [9.17, 15) is 0 Å². The quantitative estimate of drug-likeness (QED) is 0.867. The average molecular weight is 271 g/mol. The lowest BCUT2D eigenvalue weighted by Crippen LogP contribution is -2.14. The molecule has 0 saturated heterocycles. The van der Waals surface area contributed by atoms with Crippen molar-refractivity contribution in [1.82, 2.24) is 19.7 Å². The maximum absolute atomic E-state index is 4.44. The maximum Gasteiger partial charge on any atom is 0.132 e. The van der Waals surface area contributed by atoms with Gasteiger partial charge in [-0.3, -0.25) is 4.68 Å². The fourth-order valence-corrected chi connectivity index (χ4v) is 2.73. The van der Waals surface area contributed by atoms with Gasteiger partial charge in [-0.25, -0.2) is 9.97 Å². The van der Waals surface area contributed by atoms with Crippen LogP contribution in [0.2, 0.25) is 0 Å². The van der Waals surface area contributed by atoms with Gasteiger partial charge in [0.1, 0.15) is 12.1 Å². The molecular formula is C15H21N5. The first kappa shape index (κ1) is 13.1. The fourth-order valence-electron chi connectivity index (χ4n) is 2.73. The van der Waals surface area contributed by atoms with Crippen LogP contribution in [-0.2, 0) is 19.4 Å². The number of aromatic nitrogens is 4. The molecular weight excluding hydrogens is 250 g/mol. The minimum atomic E-state index is 0.838. The predicted molar refractivity (Wildman–Crippen MR) is 78.7 cm³/mol. The highest BCUT2D eigenvalue weighted by molar-refractivity contribution is 5.46. The minimum Gasteiger partial charge on any atom is -0.368 e. The van der Waals surface area contributed by atoms with Crippen LogP contribution in [0.3, 0.4) is 0 Å². The molecule has 0 radical (unpaired) electrons. The Morgan fingerprint density at radius 2 is 2.10 bits per heavy atom. The van der Waals surface area contributed by atoms with Crippen LogP contribution in [0.25, 0.3) is 0 Å². The number of nitrogens with zero attached hydrogens (tertiary/aromatic N) is 4. The second kappa shape index (κ2) is 6.03. The highest BCUT2D eigenvalue weighted by atomic mass is 15.3. The summed E-state index contributed by atoms with van der Waals surface area (Å²) in [5, 5.41) is 7.74. The Labute approximate surface area is 119 Å². The minimum absolute atomic E-state index is 0.838. The third kappa shape index (κ3) is 2.98. The van der Waals surface area contributed by atoms with E-state index in [4.69, 9.17) is 0 Å². The summed E-state index contributed by atoms with van der Waals surface area (Å²) in [5.74, 6) is 1.01. The van der Waals surface area contributed by atoms with Crippen LogP contribution >= 0.6 is 0 Å². The van der Waals surface area contributed by atoms with Crippen LogP contribution in [0.1, 0.15) is 36.1 Å². The molecule has 0 unspecified atom stereocenters. The van der Waals surface area contributed by atoms with E-state index in [1.807, 2.05) is 10.9 Å². The van der Waals surface area contributed by atoms with Crippen molar-refractivity contribution in [2.24, 2.45) is 0 Å². The molecule has 5 nitrogen and oxygen atoms in total. The van der Waals surface area contributed by atoms with E-state index in [0.717, 1.165) is 31.7 Å². The van der Waals surface area contributed by atoms with Crippen LogP contribution in [0.4, 0.5) is 5.82 Å². The molecule has 20 heavy (non-hydrogen) atoms. The highest BCUT2D eigenvalue weighted by Crippen LogP contribution is 2.23. The first-order valence-electron chi connectivity index (χ1n) is 7.38. The largest absolute Gasteiger partial charge is 0.368 e. The van der Waals surface area contributed by atoms with E-state index in [1.54, 1.807) is 6.33 Å². The Bertz CT molecular complexity index is 575. The van der Waals surface area contributed by atoms with Crippen LogP contribution in [0.15, 0.2) is 18.7 Å². The first-order chi connectivity index (χ1) is 9.83. The zero-order valence-electron chi connectivity index (χ0n) is 12.0. The van der Waals surface area contributed by atoms with Crippen LogP contribution in [0.5, 0.6) is 0 Å². The summed E-state index contributed by atoms with van der Waals surface area (Å²) in [6.45, 7) is 3.75. The van der Waals surface area contributed by atoms with E-state index >= 15 is 0 Å². The lowest BCUT2D eigenvalue weighted by atomic mass is 10.1. The smallest absolute Gasteiger partial charge is 0.132 e. The summed E-state index contributed by atoms with van der Waals surface area (Å²) in [5.41, 5.74) is 3.75. The summed E-state index contributed by atoms with van der Waals surface area (Å²) in [6.07, 6.45) is 11.6. The summed E-state index contributed by atoms with van der Waals surface area (Å²) in [6, 6.07) is 0. The molecule has 2 aromatic rings. The Morgan fingerprint density at radius 3 is 2.95 bits per heavy atom. The van der Waals surface area contributed by atoms with Crippen molar-refractivity contribution in [2.75, 3.05) is 11.9 Å². The van der Waals surface area contributed by atoms with E-state index in [-0.39, 0.29) is 0 Å². The second-order valence-electron chi connectivity index (χ2n) is 5.42. The van der Waals surface area contributed by atoms with Crippen LogP contribution in [0, 0.1) is 6.92 Å². The second-order valence-corrected chi connectivity index (χ2v) is 5.42. The molecule has 2 aromatic heterocycles. The Kier molecular flexibility index (Phi) is 3.95. The van der Waals surface area contributed by atoms with Crippen molar-refractivity contribution in [3.05, 3.63) is 35.5 Å². The van der Waals surface area contributed by atoms with E-state index in [1.165, 1.54) is 36.1 Å². The van der Waals surface area contributed by atoms with Gasteiger partial charge in [0.15, 0.2) is 0 Å². The molecule has 0 aliphatic heterocycles. The zero-order valence-corrected chi connectivity index (χ0v) is 12.0. The van der Waals surface area contributed by atoms with Crippen LogP contribution < -0.4 is 5.32 Å². The molecule has 3 rings (SSSR count). The van der Waals surface area contributed by atoms with E-state index in [0.29, 0.717) is 0 Å². The molecule has 0 aromatic carbocycles. The zero-order chi connectivity index (χ0) is 13.8. The standard InChI is InChI=1S/C15H21N5/c1-12-9-19-20(10-12)8-7-16-15-13-5-3-2-4-6-14(13)17-11-18-15/h9-11H,2-8H2,1H3,(H,16,17,18). The van der Waals surface area contributed by atoms with Gasteiger partial charge in [-0.2, -0.15) is 5.10 Å². The van der Waals surface area contributed by atoms with Crippen LogP contribution in [-0.4, -0.2) is 26.3 Å². The molecule has 0 atom stereocenters. The van der Waals surface area contributed by atoms with Crippen molar-refractivity contribution < 1.29 is 0 Å². The van der Waals surface area contributed by atoms with Crippen molar-refractivity contribution in [2.45, 2.75) is 45.6 Å². The first-order valence-corrected chi connectivity index (χ1v) is 7.38. The summed E-state index contributed by atoms with van der Waals surface area (Å²) in [4.78, 5) is 8.86. The van der Waals surface area contributed by atoms with Gasteiger partial charge in [-0.05, 0) is 38.2 Å². The number of anilines is 1. The van der Waals surface area contributed by atoms with Gasteiger partial charge in [-0.15, -0.1) is 0 Å². The molecule has 106 valence electrons. The normalized spacial score (nSPS) is 14.7. The van der Waals surface area contributed by atoms with E-state index in [2.05, 4.69) is 33.5 Å². The van der Waals surface area contributed by atoms with Gasteiger partial charge >= 0.3 is 0 Å². The molecule has 1 N–H and O–H groups in total. The summed E-state index contributed by atoms with van der Waals surface area (Å²) < 4.78 is 1.96. The topological polar surface area (TPSA) is 55.6 Å². The van der Waals surface area contributed by atoms with Crippen molar-refractivity contribution >= 4 is 5.82 Å². The van der Waals surface area contributed by atoms with Crippen molar-refractivity contribution in [3.8, 4) is 0 Å². The number of hydrogen-bond acceptors (Lipinski definition) is 4. The molecule has 0 spiro atoms. The number of nitrogens with one attached hydrogen (secondary N) is 1. The SMILES string of the molecule is Cc1cnn(CCNc2ncnc3c2CCCCC3)c1. The Balaban J connectivity index is 1.65. The van der Waals surface area contributed by atoms with Gasteiger partial charge in [0.05, 0.1) is 12.7 Å². The summed E-state index contributed by atoms with van der Waals surface area (Å²) in [7, 11) is 0. The van der Waals surface area contributed by atoms with Crippen molar-refractivity contribution in [3.63, 3.8) is 0 Å². The lowest BCUT2D eigenvalue weighted by Gasteiger charge is -2.12. The number of rotatable bonds is 4. The third-order valence-corrected chi connectivity index (χ3v) is 3.77. The molecule has 1 aliphatic carbocycles.